The first-order chi connectivity index (χ1) is 11.1. The Bertz CT molecular complexity index is 597. The highest BCUT2D eigenvalue weighted by atomic mass is 32.1. The third-order valence-electron chi connectivity index (χ3n) is 3.25. The van der Waals surface area contributed by atoms with Gasteiger partial charge in [-0.2, -0.15) is 0 Å². The maximum atomic E-state index is 5.65. The van der Waals surface area contributed by atoms with Crippen LogP contribution in [0.1, 0.15) is 25.8 Å². The molecular formula is C19H24N2OS. The zero-order chi connectivity index (χ0) is 16.5. The Labute approximate surface area is 144 Å². The molecule has 0 heterocycles. The number of thiocarbonyl (C=S) groups is 1. The number of anilines is 1. The molecule has 0 unspecified atom stereocenters. The van der Waals surface area contributed by atoms with E-state index in [4.69, 9.17) is 17.0 Å². The summed E-state index contributed by atoms with van der Waals surface area (Å²) < 4.78 is 5.65. The first-order valence-electron chi connectivity index (χ1n) is 7.99. The molecule has 4 heteroatoms. The topological polar surface area (TPSA) is 33.3 Å². The number of hydrogen-bond acceptors (Lipinski definition) is 2. The average Bonchev–Trinajstić information content (AvgIpc) is 2.53. The van der Waals surface area contributed by atoms with E-state index in [1.165, 1.54) is 5.56 Å². The van der Waals surface area contributed by atoms with Crippen LogP contribution in [0.3, 0.4) is 0 Å². The minimum atomic E-state index is 0.211. The van der Waals surface area contributed by atoms with E-state index < -0.39 is 0 Å². The van der Waals surface area contributed by atoms with Gasteiger partial charge in [0, 0.05) is 12.2 Å². The third kappa shape index (κ3) is 6.70. The molecule has 122 valence electrons. The number of benzene rings is 2. The van der Waals surface area contributed by atoms with Crippen molar-refractivity contribution in [3.05, 3.63) is 60.2 Å². The van der Waals surface area contributed by atoms with Crippen LogP contribution >= 0.6 is 12.2 Å². The molecule has 0 aromatic heterocycles. The average molecular weight is 328 g/mol. The lowest BCUT2D eigenvalue weighted by Gasteiger charge is -2.11. The molecule has 0 saturated heterocycles. The summed E-state index contributed by atoms with van der Waals surface area (Å²) in [5, 5.41) is 7.07. The van der Waals surface area contributed by atoms with Gasteiger partial charge in [-0.15, -0.1) is 0 Å². The van der Waals surface area contributed by atoms with Crippen molar-refractivity contribution in [3.63, 3.8) is 0 Å². The molecule has 2 aromatic rings. The summed E-state index contributed by atoms with van der Waals surface area (Å²) in [4.78, 5) is 0. The Morgan fingerprint density at radius 2 is 1.74 bits per heavy atom. The Balaban J connectivity index is 1.66. The smallest absolute Gasteiger partial charge is 0.170 e. The SMILES string of the molecule is CC(C)Oc1ccc(CCCNC(=S)Nc2ccccc2)cc1. The van der Waals surface area contributed by atoms with E-state index in [9.17, 15) is 0 Å². The lowest BCUT2D eigenvalue weighted by molar-refractivity contribution is 0.242. The van der Waals surface area contributed by atoms with Gasteiger partial charge in [0.2, 0.25) is 0 Å². The van der Waals surface area contributed by atoms with Crippen molar-refractivity contribution in [2.45, 2.75) is 32.8 Å². The fourth-order valence-corrected chi connectivity index (χ4v) is 2.42. The molecule has 23 heavy (non-hydrogen) atoms. The van der Waals surface area contributed by atoms with Gasteiger partial charge < -0.3 is 15.4 Å². The van der Waals surface area contributed by atoms with Gasteiger partial charge in [-0.1, -0.05) is 30.3 Å². The van der Waals surface area contributed by atoms with Crippen molar-refractivity contribution < 1.29 is 4.74 Å². The second kappa shape index (κ2) is 9.16. The predicted molar refractivity (Wildman–Crippen MR) is 101 cm³/mol. The van der Waals surface area contributed by atoms with Gasteiger partial charge in [0.05, 0.1) is 6.10 Å². The van der Waals surface area contributed by atoms with Crippen LogP contribution in [-0.4, -0.2) is 17.8 Å². The molecule has 0 spiro atoms. The molecule has 2 N–H and O–H groups in total. The Hall–Kier alpha value is -2.07. The van der Waals surface area contributed by atoms with Crippen LogP contribution in [0.4, 0.5) is 5.69 Å². The molecule has 0 aliphatic heterocycles. The van der Waals surface area contributed by atoms with E-state index in [1.54, 1.807) is 0 Å². The van der Waals surface area contributed by atoms with Crippen molar-refractivity contribution in [2.24, 2.45) is 0 Å². The lowest BCUT2D eigenvalue weighted by Crippen LogP contribution is -2.29. The van der Waals surface area contributed by atoms with Crippen molar-refractivity contribution in [1.82, 2.24) is 5.32 Å². The van der Waals surface area contributed by atoms with Crippen LogP contribution in [0.25, 0.3) is 0 Å². The summed E-state index contributed by atoms with van der Waals surface area (Å²) >= 11 is 5.28. The zero-order valence-corrected chi connectivity index (χ0v) is 14.5. The van der Waals surface area contributed by atoms with E-state index in [0.29, 0.717) is 5.11 Å². The predicted octanol–water partition coefficient (Wildman–Crippen LogP) is 4.39. The highest BCUT2D eigenvalue weighted by Gasteiger charge is 1.99. The molecule has 2 aromatic carbocycles. The fraction of sp³-hybridized carbons (Fsp3) is 0.316. The van der Waals surface area contributed by atoms with E-state index in [0.717, 1.165) is 30.8 Å². The zero-order valence-electron chi connectivity index (χ0n) is 13.7. The van der Waals surface area contributed by atoms with E-state index in [-0.39, 0.29) is 6.10 Å². The lowest BCUT2D eigenvalue weighted by atomic mass is 10.1. The minimum absolute atomic E-state index is 0.211. The number of rotatable bonds is 7. The maximum Gasteiger partial charge on any atom is 0.170 e. The van der Waals surface area contributed by atoms with Gasteiger partial charge in [-0.25, -0.2) is 0 Å². The van der Waals surface area contributed by atoms with Crippen molar-refractivity contribution in [1.29, 1.82) is 0 Å². The second-order valence-electron chi connectivity index (χ2n) is 5.66. The summed E-state index contributed by atoms with van der Waals surface area (Å²) in [6, 6.07) is 18.3. The third-order valence-corrected chi connectivity index (χ3v) is 3.50. The monoisotopic (exact) mass is 328 g/mol. The molecule has 3 nitrogen and oxygen atoms in total. The molecule has 0 bridgehead atoms. The van der Waals surface area contributed by atoms with Gasteiger partial charge in [0.15, 0.2) is 5.11 Å². The summed E-state index contributed by atoms with van der Waals surface area (Å²) in [5.41, 5.74) is 2.32. The van der Waals surface area contributed by atoms with Gasteiger partial charge >= 0.3 is 0 Å². The van der Waals surface area contributed by atoms with E-state index >= 15 is 0 Å². The molecule has 0 aliphatic carbocycles. The first-order valence-corrected chi connectivity index (χ1v) is 8.40. The molecule has 0 atom stereocenters. The van der Waals surface area contributed by atoms with Gasteiger partial charge in [0.25, 0.3) is 0 Å². The van der Waals surface area contributed by atoms with Crippen molar-refractivity contribution in [2.75, 3.05) is 11.9 Å². The number of para-hydroxylation sites is 1. The number of ether oxygens (including phenoxy) is 1. The normalized spacial score (nSPS) is 10.4. The van der Waals surface area contributed by atoms with Gasteiger partial charge in [0.1, 0.15) is 5.75 Å². The van der Waals surface area contributed by atoms with Crippen molar-refractivity contribution >= 4 is 23.0 Å². The molecule has 0 fully saturated rings. The Morgan fingerprint density at radius 3 is 2.39 bits per heavy atom. The van der Waals surface area contributed by atoms with Crippen LogP contribution in [0.15, 0.2) is 54.6 Å². The summed E-state index contributed by atoms with van der Waals surface area (Å²) in [7, 11) is 0. The van der Waals surface area contributed by atoms with Crippen LogP contribution in [0, 0.1) is 0 Å². The van der Waals surface area contributed by atoms with Crippen LogP contribution in [-0.2, 0) is 6.42 Å². The van der Waals surface area contributed by atoms with Gasteiger partial charge in [-0.05, 0) is 68.7 Å². The van der Waals surface area contributed by atoms with Crippen LogP contribution < -0.4 is 15.4 Å². The maximum absolute atomic E-state index is 5.65. The quantitative estimate of drug-likeness (QED) is 0.583. The van der Waals surface area contributed by atoms with E-state index in [2.05, 4.69) is 22.8 Å². The van der Waals surface area contributed by atoms with E-state index in [1.807, 2.05) is 56.3 Å². The molecule has 0 saturated carbocycles. The largest absolute Gasteiger partial charge is 0.491 e. The molecule has 2 rings (SSSR count). The standard InChI is InChI=1S/C19H24N2OS/c1-15(2)22-18-12-10-16(11-13-18)7-6-14-20-19(23)21-17-8-4-3-5-9-17/h3-5,8-13,15H,6-7,14H2,1-2H3,(H2,20,21,23). The molecule has 0 amide bonds. The van der Waals surface area contributed by atoms with Crippen molar-refractivity contribution in [3.8, 4) is 5.75 Å². The Kier molecular flexibility index (Phi) is 6.88. The fourth-order valence-electron chi connectivity index (χ4n) is 2.20. The highest BCUT2D eigenvalue weighted by molar-refractivity contribution is 7.80. The summed E-state index contributed by atoms with van der Waals surface area (Å²) in [6.07, 6.45) is 2.26. The first kappa shape index (κ1) is 17.3. The van der Waals surface area contributed by atoms with Crippen LogP contribution in [0.5, 0.6) is 5.75 Å². The minimum Gasteiger partial charge on any atom is -0.491 e. The Morgan fingerprint density at radius 1 is 1.04 bits per heavy atom. The van der Waals surface area contributed by atoms with Gasteiger partial charge in [-0.3, -0.25) is 0 Å². The number of aryl methyl sites for hydroxylation is 1. The number of hydrogen-bond donors (Lipinski definition) is 2. The molecular weight excluding hydrogens is 304 g/mol. The summed E-state index contributed by atoms with van der Waals surface area (Å²) in [5.74, 6) is 0.926. The summed E-state index contributed by atoms with van der Waals surface area (Å²) in [6.45, 7) is 4.92. The van der Waals surface area contributed by atoms with Crippen LogP contribution in [0.2, 0.25) is 0 Å². The number of nitrogens with one attached hydrogen (secondary N) is 2. The molecule has 0 aliphatic rings. The highest BCUT2D eigenvalue weighted by Crippen LogP contribution is 2.14. The molecule has 0 radical (unpaired) electrons. The second-order valence-corrected chi connectivity index (χ2v) is 6.07.